The smallest absolute Gasteiger partial charge is 0.269 e. The van der Waals surface area contributed by atoms with Crippen LogP contribution < -0.4 is 16.2 Å². The van der Waals surface area contributed by atoms with Gasteiger partial charge in [-0.25, -0.2) is 8.42 Å². The lowest BCUT2D eigenvalue weighted by Gasteiger charge is -2.17. The van der Waals surface area contributed by atoms with Gasteiger partial charge in [-0.2, -0.15) is 4.31 Å². The minimum absolute atomic E-state index is 0.0621. The van der Waals surface area contributed by atoms with Crippen molar-refractivity contribution in [3.05, 3.63) is 28.8 Å². The fraction of sp³-hybridized carbons (Fsp3) is 0.429. The first-order valence-electron chi connectivity index (χ1n) is 7.50. The summed E-state index contributed by atoms with van der Waals surface area (Å²) in [4.78, 5) is 12.1. The summed E-state index contributed by atoms with van der Waals surface area (Å²) < 4.78 is 26.7. The average Bonchev–Trinajstić information content (AvgIpc) is 3.08. The first-order valence-corrected chi connectivity index (χ1v) is 9.72. The topological polar surface area (TPSA) is 90.5 Å². The Labute approximate surface area is 151 Å². The number of amides is 1. The third kappa shape index (κ3) is 4.35. The number of hydrogen-bond acceptors (Lipinski definition) is 4. The van der Waals surface area contributed by atoms with Crippen LogP contribution >= 0.6 is 23.8 Å². The predicted molar refractivity (Wildman–Crippen MR) is 96.3 cm³/mol. The summed E-state index contributed by atoms with van der Waals surface area (Å²) in [6.45, 7) is 3.41. The van der Waals surface area contributed by atoms with Crippen LogP contribution in [0.15, 0.2) is 23.1 Å². The highest BCUT2D eigenvalue weighted by Crippen LogP contribution is 2.28. The zero-order valence-corrected chi connectivity index (χ0v) is 15.5. The fourth-order valence-corrected chi connectivity index (χ4v) is 4.51. The van der Waals surface area contributed by atoms with E-state index >= 15 is 0 Å². The van der Waals surface area contributed by atoms with Gasteiger partial charge < -0.3 is 5.32 Å². The molecule has 1 aliphatic heterocycles. The zero-order chi connectivity index (χ0) is 17.7. The van der Waals surface area contributed by atoms with Gasteiger partial charge in [-0.15, -0.1) is 0 Å². The number of nitrogens with zero attached hydrogens (tertiary/aromatic N) is 1. The van der Waals surface area contributed by atoms with Gasteiger partial charge in [-0.1, -0.05) is 11.6 Å². The van der Waals surface area contributed by atoms with E-state index in [0.717, 1.165) is 12.8 Å². The van der Waals surface area contributed by atoms with Gasteiger partial charge >= 0.3 is 0 Å². The minimum atomic E-state index is -3.70. The molecular weight excluding hydrogens is 372 g/mol. The molecule has 1 heterocycles. The SMILES string of the molecule is CCNC(=S)NNC(=O)c1ccc(Cl)c(S(=O)(=O)N2CCCC2)c1. The largest absolute Gasteiger partial charge is 0.362 e. The molecule has 7 nitrogen and oxygen atoms in total. The summed E-state index contributed by atoms with van der Waals surface area (Å²) in [5, 5.41) is 3.18. The normalized spacial score (nSPS) is 15.1. The molecule has 132 valence electrons. The molecule has 0 aromatic heterocycles. The number of rotatable bonds is 4. The molecule has 10 heteroatoms. The molecule has 0 spiro atoms. The Kier molecular flexibility index (Phi) is 6.39. The zero-order valence-electron chi connectivity index (χ0n) is 13.1. The first-order chi connectivity index (χ1) is 11.4. The van der Waals surface area contributed by atoms with Crippen molar-refractivity contribution in [1.29, 1.82) is 0 Å². The number of hydrazine groups is 1. The lowest BCUT2D eigenvalue weighted by molar-refractivity contribution is 0.0943. The van der Waals surface area contributed by atoms with Crippen LogP contribution in [-0.2, 0) is 10.0 Å². The summed E-state index contributed by atoms with van der Waals surface area (Å²) in [5.41, 5.74) is 5.12. The summed E-state index contributed by atoms with van der Waals surface area (Å²) in [5.74, 6) is -0.509. The van der Waals surface area contributed by atoms with E-state index in [9.17, 15) is 13.2 Å². The first kappa shape index (κ1) is 18.9. The molecule has 0 atom stereocenters. The monoisotopic (exact) mass is 390 g/mol. The fourth-order valence-electron chi connectivity index (χ4n) is 2.30. The predicted octanol–water partition coefficient (Wildman–Crippen LogP) is 1.25. The van der Waals surface area contributed by atoms with E-state index in [1.807, 2.05) is 6.92 Å². The van der Waals surface area contributed by atoms with Crippen molar-refractivity contribution in [3.8, 4) is 0 Å². The number of carbonyl (C=O) groups excluding carboxylic acids is 1. The van der Waals surface area contributed by atoms with Crippen molar-refractivity contribution in [2.75, 3.05) is 19.6 Å². The van der Waals surface area contributed by atoms with Crippen LogP contribution in [0.2, 0.25) is 5.02 Å². The standard InChI is InChI=1S/C14H19ClN4O3S2/c1-2-16-14(23)18-17-13(20)10-5-6-11(15)12(9-10)24(21,22)19-7-3-4-8-19/h5-6,9H,2-4,7-8H2,1H3,(H,17,20)(H2,16,18,23). The summed E-state index contributed by atoms with van der Waals surface area (Å²) in [6, 6.07) is 4.14. The van der Waals surface area contributed by atoms with Gasteiger partial charge in [0.1, 0.15) is 4.90 Å². The number of thiocarbonyl (C=S) groups is 1. The Morgan fingerprint density at radius 1 is 1.29 bits per heavy atom. The van der Waals surface area contributed by atoms with Crippen LogP contribution in [0, 0.1) is 0 Å². The molecule has 1 aromatic carbocycles. The lowest BCUT2D eigenvalue weighted by atomic mass is 10.2. The van der Waals surface area contributed by atoms with Crippen LogP contribution in [0.25, 0.3) is 0 Å². The van der Waals surface area contributed by atoms with Crippen LogP contribution in [0.1, 0.15) is 30.1 Å². The van der Waals surface area contributed by atoms with Gasteiger partial charge in [0.15, 0.2) is 5.11 Å². The van der Waals surface area contributed by atoms with Gasteiger partial charge in [0.25, 0.3) is 5.91 Å². The molecule has 1 amide bonds. The van der Waals surface area contributed by atoms with Gasteiger partial charge in [-0.05, 0) is 50.2 Å². The van der Waals surface area contributed by atoms with E-state index in [4.69, 9.17) is 23.8 Å². The Hall–Kier alpha value is -1.42. The molecule has 1 aromatic rings. The highest BCUT2D eigenvalue weighted by Gasteiger charge is 2.29. The summed E-state index contributed by atoms with van der Waals surface area (Å²) in [6.07, 6.45) is 1.64. The second-order valence-electron chi connectivity index (χ2n) is 5.19. The quantitative estimate of drug-likeness (QED) is 0.529. The molecular formula is C14H19ClN4O3S2. The minimum Gasteiger partial charge on any atom is -0.362 e. The third-order valence-electron chi connectivity index (χ3n) is 3.50. The second-order valence-corrected chi connectivity index (χ2v) is 7.92. The Balaban J connectivity index is 2.19. The van der Waals surface area contributed by atoms with Gasteiger partial charge in [0.2, 0.25) is 10.0 Å². The molecule has 1 saturated heterocycles. The molecule has 24 heavy (non-hydrogen) atoms. The van der Waals surface area contributed by atoms with Crippen LogP contribution in [0.3, 0.4) is 0 Å². The van der Waals surface area contributed by atoms with E-state index in [2.05, 4.69) is 16.2 Å². The third-order valence-corrected chi connectivity index (χ3v) is 6.13. The molecule has 1 fully saturated rings. The van der Waals surface area contributed by atoms with Crippen molar-refractivity contribution < 1.29 is 13.2 Å². The maximum Gasteiger partial charge on any atom is 0.269 e. The van der Waals surface area contributed by atoms with E-state index < -0.39 is 15.9 Å². The Morgan fingerprint density at radius 3 is 2.58 bits per heavy atom. The van der Waals surface area contributed by atoms with Crippen molar-refractivity contribution in [3.63, 3.8) is 0 Å². The van der Waals surface area contributed by atoms with E-state index in [1.54, 1.807) is 0 Å². The van der Waals surface area contributed by atoms with Crippen LogP contribution in [0.5, 0.6) is 0 Å². The molecule has 0 bridgehead atoms. The molecule has 2 rings (SSSR count). The van der Waals surface area contributed by atoms with Crippen molar-refractivity contribution in [2.45, 2.75) is 24.7 Å². The number of hydrogen-bond donors (Lipinski definition) is 3. The number of carbonyl (C=O) groups is 1. The lowest BCUT2D eigenvalue weighted by Crippen LogP contribution is -2.46. The van der Waals surface area contributed by atoms with E-state index in [1.165, 1.54) is 22.5 Å². The highest BCUT2D eigenvalue weighted by atomic mass is 35.5. The molecule has 0 unspecified atom stereocenters. The number of nitrogens with one attached hydrogen (secondary N) is 3. The summed E-state index contributed by atoms with van der Waals surface area (Å²) in [7, 11) is -3.70. The van der Waals surface area contributed by atoms with E-state index in [0.29, 0.717) is 19.6 Å². The second kappa shape index (κ2) is 8.11. The molecule has 1 aliphatic rings. The number of halogens is 1. The summed E-state index contributed by atoms with van der Waals surface area (Å²) >= 11 is 11.0. The molecule has 0 saturated carbocycles. The maximum atomic E-state index is 12.6. The molecule has 0 aliphatic carbocycles. The maximum absolute atomic E-state index is 12.6. The number of sulfonamides is 1. The molecule has 3 N–H and O–H groups in total. The van der Waals surface area contributed by atoms with Gasteiger partial charge in [-0.3, -0.25) is 15.6 Å². The van der Waals surface area contributed by atoms with E-state index in [-0.39, 0.29) is 20.6 Å². The molecule has 0 radical (unpaired) electrons. The highest BCUT2D eigenvalue weighted by molar-refractivity contribution is 7.89. The van der Waals surface area contributed by atoms with Crippen molar-refractivity contribution >= 4 is 44.9 Å². The van der Waals surface area contributed by atoms with Gasteiger partial charge in [0.05, 0.1) is 5.02 Å². The Bertz CT molecular complexity index is 734. The van der Waals surface area contributed by atoms with Crippen LogP contribution in [-0.4, -0.2) is 43.4 Å². The van der Waals surface area contributed by atoms with Crippen molar-refractivity contribution in [1.82, 2.24) is 20.5 Å². The van der Waals surface area contributed by atoms with Gasteiger partial charge in [0, 0.05) is 25.2 Å². The Morgan fingerprint density at radius 2 is 1.96 bits per heavy atom. The average molecular weight is 391 g/mol. The van der Waals surface area contributed by atoms with Crippen molar-refractivity contribution in [2.24, 2.45) is 0 Å². The van der Waals surface area contributed by atoms with Crippen LogP contribution in [0.4, 0.5) is 0 Å². The number of benzene rings is 1.